The molecule has 1 atom stereocenters. The molecule has 19 heavy (non-hydrogen) atoms. The van der Waals surface area contributed by atoms with Gasteiger partial charge in [-0.25, -0.2) is 4.39 Å². The van der Waals surface area contributed by atoms with E-state index in [4.69, 9.17) is 15.0 Å². The van der Waals surface area contributed by atoms with Crippen LogP contribution in [0, 0.1) is 5.82 Å². The molecule has 0 saturated carbocycles. The summed E-state index contributed by atoms with van der Waals surface area (Å²) >= 11 is 0. The monoisotopic (exact) mass is 265 g/mol. The van der Waals surface area contributed by atoms with Crippen LogP contribution >= 0.6 is 0 Å². The molecule has 5 heteroatoms. The standard InChI is InChI=1S/C14H21BFNO2/c1-9(17)11-7-6-10(8-12(11)16)15-18-13(2,3)14(4,5)19-15/h6-9H,17H2,1-5H3. The van der Waals surface area contributed by atoms with Crippen LogP contribution in [0.2, 0.25) is 0 Å². The van der Waals surface area contributed by atoms with Crippen molar-refractivity contribution in [2.75, 3.05) is 0 Å². The summed E-state index contributed by atoms with van der Waals surface area (Å²) in [5, 5.41) is 0. The van der Waals surface area contributed by atoms with Crippen molar-refractivity contribution in [3.8, 4) is 0 Å². The van der Waals surface area contributed by atoms with Gasteiger partial charge in [-0.15, -0.1) is 0 Å². The van der Waals surface area contributed by atoms with Crippen LogP contribution in [-0.2, 0) is 9.31 Å². The molecule has 2 rings (SSSR count). The molecule has 1 aromatic rings. The molecule has 1 unspecified atom stereocenters. The van der Waals surface area contributed by atoms with Gasteiger partial charge in [-0.2, -0.15) is 0 Å². The van der Waals surface area contributed by atoms with Crippen LogP contribution in [0.25, 0.3) is 0 Å². The van der Waals surface area contributed by atoms with Crippen LogP contribution in [0.15, 0.2) is 18.2 Å². The second-order valence-electron chi connectivity index (χ2n) is 6.16. The minimum Gasteiger partial charge on any atom is -0.399 e. The molecule has 0 amide bonds. The van der Waals surface area contributed by atoms with Crippen LogP contribution in [0.4, 0.5) is 4.39 Å². The molecule has 1 aliphatic heterocycles. The highest BCUT2D eigenvalue weighted by Crippen LogP contribution is 2.36. The number of halogens is 1. The van der Waals surface area contributed by atoms with Crippen molar-refractivity contribution in [3.63, 3.8) is 0 Å². The molecule has 1 fully saturated rings. The van der Waals surface area contributed by atoms with Crippen molar-refractivity contribution in [1.82, 2.24) is 0 Å². The number of hydrogen-bond acceptors (Lipinski definition) is 3. The third-order valence-electron chi connectivity index (χ3n) is 4.04. The van der Waals surface area contributed by atoms with Crippen molar-refractivity contribution in [2.45, 2.75) is 51.9 Å². The van der Waals surface area contributed by atoms with Crippen LogP contribution < -0.4 is 11.2 Å². The van der Waals surface area contributed by atoms with Crippen molar-refractivity contribution >= 4 is 12.6 Å². The van der Waals surface area contributed by atoms with Crippen LogP contribution in [-0.4, -0.2) is 18.3 Å². The molecule has 1 aromatic carbocycles. The fourth-order valence-corrected chi connectivity index (χ4v) is 2.04. The van der Waals surface area contributed by atoms with E-state index in [1.54, 1.807) is 13.0 Å². The van der Waals surface area contributed by atoms with Crippen LogP contribution in [0.5, 0.6) is 0 Å². The highest BCUT2D eigenvalue weighted by Gasteiger charge is 2.51. The van der Waals surface area contributed by atoms with Gasteiger partial charge in [0.1, 0.15) is 5.82 Å². The quantitative estimate of drug-likeness (QED) is 0.833. The lowest BCUT2D eigenvalue weighted by atomic mass is 9.78. The Bertz CT molecular complexity index is 472. The largest absolute Gasteiger partial charge is 0.494 e. The molecule has 104 valence electrons. The molecule has 0 bridgehead atoms. The lowest BCUT2D eigenvalue weighted by Crippen LogP contribution is -2.41. The van der Waals surface area contributed by atoms with Gasteiger partial charge in [0.15, 0.2) is 0 Å². The van der Waals surface area contributed by atoms with Gasteiger partial charge in [-0.1, -0.05) is 12.1 Å². The zero-order valence-corrected chi connectivity index (χ0v) is 12.2. The molecular weight excluding hydrogens is 244 g/mol. The summed E-state index contributed by atoms with van der Waals surface area (Å²) in [6, 6.07) is 4.62. The number of nitrogens with two attached hydrogens (primary N) is 1. The average molecular weight is 265 g/mol. The summed E-state index contributed by atoms with van der Waals surface area (Å²) in [4.78, 5) is 0. The van der Waals surface area contributed by atoms with Crippen molar-refractivity contribution < 1.29 is 13.7 Å². The van der Waals surface area contributed by atoms with Gasteiger partial charge < -0.3 is 15.0 Å². The first-order valence-electron chi connectivity index (χ1n) is 6.54. The minimum atomic E-state index is -0.540. The maximum absolute atomic E-state index is 13.9. The van der Waals surface area contributed by atoms with Crippen molar-refractivity contribution in [2.24, 2.45) is 5.73 Å². The maximum Gasteiger partial charge on any atom is 0.494 e. The summed E-state index contributed by atoms with van der Waals surface area (Å²) in [6.45, 7) is 9.64. The Morgan fingerprint density at radius 3 is 2.11 bits per heavy atom. The predicted octanol–water partition coefficient (Wildman–Crippen LogP) is 2.14. The molecule has 3 nitrogen and oxygen atoms in total. The van der Waals surface area contributed by atoms with Gasteiger partial charge in [0, 0.05) is 11.6 Å². The van der Waals surface area contributed by atoms with Crippen LogP contribution in [0.1, 0.15) is 46.2 Å². The molecule has 1 aliphatic rings. The van der Waals surface area contributed by atoms with E-state index in [1.165, 1.54) is 6.07 Å². The Morgan fingerprint density at radius 1 is 1.16 bits per heavy atom. The molecular formula is C14H21BFNO2. The van der Waals surface area contributed by atoms with Crippen molar-refractivity contribution in [1.29, 1.82) is 0 Å². The van der Waals surface area contributed by atoms with Gasteiger partial charge in [0.25, 0.3) is 0 Å². The molecule has 2 N–H and O–H groups in total. The first-order chi connectivity index (χ1) is 8.64. The SMILES string of the molecule is CC(N)c1ccc(B2OC(C)(C)C(C)(C)O2)cc1F. The van der Waals surface area contributed by atoms with Gasteiger partial charge in [-0.05, 0) is 46.1 Å². The van der Waals surface area contributed by atoms with E-state index in [-0.39, 0.29) is 11.9 Å². The summed E-state index contributed by atoms with van der Waals surface area (Å²) in [7, 11) is -0.540. The Hall–Kier alpha value is -0.905. The average Bonchev–Trinajstić information content (AvgIpc) is 2.47. The third kappa shape index (κ3) is 2.55. The fraction of sp³-hybridized carbons (Fsp3) is 0.571. The van der Waals surface area contributed by atoms with E-state index in [0.29, 0.717) is 11.0 Å². The fourth-order valence-electron chi connectivity index (χ4n) is 2.04. The third-order valence-corrected chi connectivity index (χ3v) is 4.04. The summed E-state index contributed by atoms with van der Waals surface area (Å²) in [5.41, 5.74) is 6.04. The molecule has 0 radical (unpaired) electrons. The van der Waals surface area contributed by atoms with E-state index in [0.717, 1.165) is 0 Å². The topological polar surface area (TPSA) is 44.5 Å². The maximum atomic E-state index is 13.9. The Morgan fingerprint density at radius 2 is 1.68 bits per heavy atom. The first kappa shape index (κ1) is 14.5. The van der Waals surface area contributed by atoms with E-state index in [2.05, 4.69) is 0 Å². The highest BCUT2D eigenvalue weighted by molar-refractivity contribution is 6.62. The molecule has 0 aromatic heterocycles. The highest BCUT2D eigenvalue weighted by atomic mass is 19.1. The molecule has 0 aliphatic carbocycles. The van der Waals surface area contributed by atoms with E-state index in [9.17, 15) is 4.39 Å². The van der Waals surface area contributed by atoms with Gasteiger partial charge in [-0.3, -0.25) is 0 Å². The zero-order valence-electron chi connectivity index (χ0n) is 12.2. The second-order valence-corrected chi connectivity index (χ2v) is 6.16. The van der Waals surface area contributed by atoms with Crippen LogP contribution in [0.3, 0.4) is 0 Å². The number of rotatable bonds is 2. The zero-order chi connectivity index (χ0) is 14.4. The Kier molecular flexibility index (Phi) is 3.50. The first-order valence-corrected chi connectivity index (χ1v) is 6.54. The molecule has 1 heterocycles. The number of benzene rings is 1. The lowest BCUT2D eigenvalue weighted by molar-refractivity contribution is 0.00578. The second kappa shape index (κ2) is 4.58. The normalized spacial score (nSPS) is 22.6. The van der Waals surface area contributed by atoms with Gasteiger partial charge in [0.05, 0.1) is 11.2 Å². The Labute approximate surface area is 114 Å². The van der Waals surface area contributed by atoms with E-state index in [1.807, 2.05) is 33.8 Å². The number of hydrogen-bond donors (Lipinski definition) is 1. The lowest BCUT2D eigenvalue weighted by Gasteiger charge is -2.32. The summed E-state index contributed by atoms with van der Waals surface area (Å²) in [6.07, 6.45) is 0. The smallest absolute Gasteiger partial charge is 0.399 e. The van der Waals surface area contributed by atoms with Gasteiger partial charge in [0.2, 0.25) is 0 Å². The van der Waals surface area contributed by atoms with Gasteiger partial charge >= 0.3 is 7.12 Å². The molecule has 1 saturated heterocycles. The Balaban J connectivity index is 2.28. The predicted molar refractivity (Wildman–Crippen MR) is 74.7 cm³/mol. The van der Waals surface area contributed by atoms with Crippen molar-refractivity contribution in [3.05, 3.63) is 29.6 Å². The van der Waals surface area contributed by atoms with E-state index >= 15 is 0 Å². The molecule has 0 spiro atoms. The minimum absolute atomic E-state index is 0.317. The van der Waals surface area contributed by atoms with E-state index < -0.39 is 18.3 Å². The summed E-state index contributed by atoms with van der Waals surface area (Å²) < 4.78 is 25.7. The summed E-state index contributed by atoms with van der Waals surface area (Å²) in [5.74, 6) is -0.317.